The number of fused-ring (bicyclic) bond motifs is 1. The van der Waals surface area contributed by atoms with Crippen molar-refractivity contribution in [1.29, 1.82) is 0 Å². The van der Waals surface area contributed by atoms with E-state index in [4.69, 9.17) is 10.5 Å². The second kappa shape index (κ2) is 4.82. The van der Waals surface area contributed by atoms with Crippen LogP contribution in [-0.2, 0) is 9.53 Å². The van der Waals surface area contributed by atoms with Gasteiger partial charge in [0, 0.05) is 25.7 Å². The van der Waals surface area contributed by atoms with Gasteiger partial charge in [-0.3, -0.25) is 4.79 Å². The van der Waals surface area contributed by atoms with Crippen LogP contribution in [0, 0.1) is 17.8 Å². The van der Waals surface area contributed by atoms with E-state index in [0.29, 0.717) is 24.3 Å². The molecule has 1 amide bonds. The Morgan fingerprint density at radius 1 is 1.22 bits per heavy atom. The van der Waals surface area contributed by atoms with E-state index in [-0.39, 0.29) is 11.4 Å². The number of hydrogen-bond acceptors (Lipinski definition) is 3. The van der Waals surface area contributed by atoms with Gasteiger partial charge in [0.05, 0.1) is 5.54 Å². The second-order valence-corrected chi connectivity index (χ2v) is 6.22. The van der Waals surface area contributed by atoms with Crippen LogP contribution >= 0.6 is 0 Å². The molecule has 1 heterocycles. The summed E-state index contributed by atoms with van der Waals surface area (Å²) in [4.78, 5) is 12.4. The molecule has 0 aromatic carbocycles. The van der Waals surface area contributed by atoms with Gasteiger partial charge in [-0.05, 0) is 37.5 Å². The first-order valence-corrected chi connectivity index (χ1v) is 7.36. The molecule has 3 aliphatic rings. The van der Waals surface area contributed by atoms with Crippen LogP contribution in [0.2, 0.25) is 0 Å². The molecule has 0 aromatic heterocycles. The van der Waals surface area contributed by atoms with Crippen LogP contribution in [0.25, 0.3) is 0 Å². The van der Waals surface area contributed by atoms with Crippen molar-refractivity contribution in [3.8, 4) is 0 Å². The van der Waals surface area contributed by atoms with Crippen molar-refractivity contribution >= 4 is 5.91 Å². The Morgan fingerprint density at radius 2 is 1.83 bits per heavy atom. The molecule has 18 heavy (non-hydrogen) atoms. The van der Waals surface area contributed by atoms with E-state index in [1.165, 1.54) is 25.7 Å². The summed E-state index contributed by atoms with van der Waals surface area (Å²) in [5.74, 6) is 1.90. The smallest absolute Gasteiger partial charge is 0.224 e. The number of carbonyl (C=O) groups excluding carboxylic acids is 1. The third-order valence-corrected chi connectivity index (χ3v) is 5.19. The van der Waals surface area contributed by atoms with Gasteiger partial charge in [-0.2, -0.15) is 0 Å². The molecule has 1 saturated heterocycles. The minimum Gasteiger partial charge on any atom is -0.381 e. The van der Waals surface area contributed by atoms with E-state index in [9.17, 15) is 4.79 Å². The Hall–Kier alpha value is -0.610. The summed E-state index contributed by atoms with van der Waals surface area (Å²) in [5, 5.41) is 3.26. The molecule has 0 radical (unpaired) electrons. The van der Waals surface area contributed by atoms with Gasteiger partial charge in [-0.25, -0.2) is 0 Å². The van der Waals surface area contributed by atoms with Crippen molar-refractivity contribution in [3.63, 3.8) is 0 Å². The quantitative estimate of drug-likeness (QED) is 0.789. The molecule has 3 fully saturated rings. The molecule has 102 valence electrons. The van der Waals surface area contributed by atoms with Gasteiger partial charge in [0.2, 0.25) is 5.91 Å². The van der Waals surface area contributed by atoms with Crippen molar-refractivity contribution in [1.82, 2.24) is 5.32 Å². The van der Waals surface area contributed by atoms with Crippen LogP contribution in [0.3, 0.4) is 0 Å². The number of rotatable bonds is 3. The first kappa shape index (κ1) is 12.4. The highest BCUT2D eigenvalue weighted by molar-refractivity contribution is 5.83. The Labute approximate surface area is 109 Å². The number of nitrogens with two attached hydrogens (primary N) is 1. The summed E-state index contributed by atoms with van der Waals surface area (Å²) in [5.41, 5.74) is 5.69. The van der Waals surface area contributed by atoms with Crippen molar-refractivity contribution in [2.24, 2.45) is 23.5 Å². The van der Waals surface area contributed by atoms with Crippen LogP contribution < -0.4 is 11.1 Å². The van der Waals surface area contributed by atoms with E-state index in [1.807, 2.05) is 0 Å². The summed E-state index contributed by atoms with van der Waals surface area (Å²) in [6, 6.07) is 0. The minimum atomic E-state index is -0.193. The van der Waals surface area contributed by atoms with Crippen molar-refractivity contribution in [2.75, 3.05) is 19.8 Å². The van der Waals surface area contributed by atoms with Gasteiger partial charge in [0.15, 0.2) is 0 Å². The fourth-order valence-corrected chi connectivity index (χ4v) is 3.87. The van der Waals surface area contributed by atoms with Gasteiger partial charge in [0.25, 0.3) is 0 Å². The highest BCUT2D eigenvalue weighted by atomic mass is 16.5. The Morgan fingerprint density at radius 3 is 2.39 bits per heavy atom. The predicted octanol–water partition coefficient (Wildman–Crippen LogP) is 1.05. The van der Waals surface area contributed by atoms with Gasteiger partial charge in [-0.15, -0.1) is 0 Å². The van der Waals surface area contributed by atoms with E-state index >= 15 is 0 Å². The normalized spacial score (nSPS) is 37.7. The van der Waals surface area contributed by atoms with E-state index in [0.717, 1.165) is 26.1 Å². The van der Waals surface area contributed by atoms with Crippen LogP contribution in [0.5, 0.6) is 0 Å². The Balaban J connectivity index is 1.60. The van der Waals surface area contributed by atoms with E-state index in [1.54, 1.807) is 0 Å². The van der Waals surface area contributed by atoms with Gasteiger partial charge < -0.3 is 15.8 Å². The number of amides is 1. The Bertz CT molecular complexity index is 314. The van der Waals surface area contributed by atoms with Crippen molar-refractivity contribution in [3.05, 3.63) is 0 Å². The molecule has 1 aliphatic heterocycles. The lowest BCUT2D eigenvalue weighted by Gasteiger charge is -2.37. The van der Waals surface area contributed by atoms with Crippen LogP contribution in [0.1, 0.15) is 38.5 Å². The first-order chi connectivity index (χ1) is 8.76. The maximum atomic E-state index is 12.4. The number of carbonyl (C=O) groups is 1. The lowest BCUT2D eigenvalue weighted by atomic mass is 9.90. The molecule has 2 saturated carbocycles. The van der Waals surface area contributed by atoms with Crippen LogP contribution in [-0.4, -0.2) is 31.2 Å². The number of hydrogen-bond donors (Lipinski definition) is 2. The highest BCUT2D eigenvalue weighted by Gasteiger charge is 2.55. The lowest BCUT2D eigenvalue weighted by molar-refractivity contribution is -0.126. The molecule has 0 spiro atoms. The van der Waals surface area contributed by atoms with Gasteiger partial charge in [0.1, 0.15) is 0 Å². The van der Waals surface area contributed by atoms with Crippen LogP contribution in [0.15, 0.2) is 0 Å². The summed E-state index contributed by atoms with van der Waals surface area (Å²) in [7, 11) is 0. The largest absolute Gasteiger partial charge is 0.381 e. The molecule has 0 aromatic rings. The van der Waals surface area contributed by atoms with Crippen molar-refractivity contribution in [2.45, 2.75) is 44.1 Å². The minimum absolute atomic E-state index is 0.193. The highest BCUT2D eigenvalue weighted by Crippen LogP contribution is 2.55. The molecule has 2 aliphatic carbocycles. The zero-order valence-electron chi connectivity index (χ0n) is 11.0. The zero-order valence-corrected chi connectivity index (χ0v) is 11.0. The predicted molar refractivity (Wildman–Crippen MR) is 68.9 cm³/mol. The maximum Gasteiger partial charge on any atom is 0.224 e. The molecule has 0 bridgehead atoms. The monoisotopic (exact) mass is 252 g/mol. The third kappa shape index (κ3) is 2.16. The van der Waals surface area contributed by atoms with Gasteiger partial charge in [-0.1, -0.05) is 12.8 Å². The average Bonchev–Trinajstić information content (AvgIpc) is 3.14. The van der Waals surface area contributed by atoms with Crippen LogP contribution in [0.4, 0.5) is 0 Å². The summed E-state index contributed by atoms with van der Waals surface area (Å²) >= 11 is 0. The molecule has 2 unspecified atom stereocenters. The molecular formula is C14H24N2O2. The lowest BCUT2D eigenvalue weighted by Crippen LogP contribution is -2.57. The maximum absolute atomic E-state index is 12.4. The SMILES string of the molecule is NCC1(NC(=O)C2C3CCCCC32)CCOCC1. The van der Waals surface area contributed by atoms with Gasteiger partial charge >= 0.3 is 0 Å². The average molecular weight is 252 g/mol. The molecule has 3 N–H and O–H groups in total. The molecule has 4 heteroatoms. The van der Waals surface area contributed by atoms with Crippen molar-refractivity contribution < 1.29 is 9.53 Å². The molecule has 4 nitrogen and oxygen atoms in total. The first-order valence-electron chi connectivity index (χ1n) is 7.36. The fraction of sp³-hybridized carbons (Fsp3) is 0.929. The molecule has 2 atom stereocenters. The topological polar surface area (TPSA) is 64.3 Å². The molecular weight excluding hydrogens is 228 g/mol. The summed E-state index contributed by atoms with van der Waals surface area (Å²) in [6.45, 7) is 1.97. The summed E-state index contributed by atoms with van der Waals surface area (Å²) < 4.78 is 5.37. The fourth-order valence-electron chi connectivity index (χ4n) is 3.87. The second-order valence-electron chi connectivity index (χ2n) is 6.22. The number of ether oxygens (including phenoxy) is 1. The molecule has 3 rings (SSSR count). The standard InChI is InChI=1S/C14H24N2O2/c15-9-14(5-7-18-8-6-14)16-13(17)12-10-3-1-2-4-11(10)12/h10-12H,1-9,15H2,(H,16,17). The number of nitrogens with one attached hydrogen (secondary N) is 1. The van der Waals surface area contributed by atoms with E-state index < -0.39 is 0 Å². The Kier molecular flexibility index (Phi) is 3.32. The third-order valence-electron chi connectivity index (χ3n) is 5.19. The zero-order chi connectivity index (χ0) is 12.6. The summed E-state index contributed by atoms with van der Waals surface area (Å²) in [6.07, 6.45) is 6.83. The van der Waals surface area contributed by atoms with E-state index in [2.05, 4.69) is 5.32 Å².